The number of carbonyl (C=O) groups excluding carboxylic acids is 1. The van der Waals surface area contributed by atoms with Crippen LogP contribution in [-0.2, 0) is 0 Å². The molecule has 106 valence electrons. The predicted molar refractivity (Wildman–Crippen MR) is 73.8 cm³/mol. The van der Waals surface area contributed by atoms with E-state index in [9.17, 15) is 4.79 Å². The average molecular weight is 275 g/mol. The van der Waals surface area contributed by atoms with E-state index in [1.54, 1.807) is 41.1 Å². The van der Waals surface area contributed by atoms with Gasteiger partial charge < -0.3 is 14.1 Å². The minimum Gasteiger partial charge on any atom is -0.495 e. The van der Waals surface area contributed by atoms with Crippen LogP contribution in [0.5, 0.6) is 5.75 Å². The lowest BCUT2D eigenvalue weighted by molar-refractivity contribution is 0.0822. The topological polar surface area (TPSA) is 68.5 Å². The third kappa shape index (κ3) is 2.49. The maximum Gasteiger partial charge on any atom is 0.272 e. The monoisotopic (exact) mass is 275 g/mol. The summed E-state index contributed by atoms with van der Waals surface area (Å²) in [4.78, 5) is 22.2. The molecule has 2 rings (SSSR count). The van der Waals surface area contributed by atoms with Gasteiger partial charge in [0, 0.05) is 26.6 Å². The molecule has 20 heavy (non-hydrogen) atoms. The van der Waals surface area contributed by atoms with Crippen LogP contribution >= 0.6 is 0 Å². The van der Waals surface area contributed by atoms with Gasteiger partial charge in [0.1, 0.15) is 22.9 Å². The Morgan fingerprint density at radius 3 is 2.55 bits per heavy atom. The molecule has 0 aliphatic rings. The summed E-state index contributed by atoms with van der Waals surface area (Å²) in [6.45, 7) is 3.57. The number of amides is 1. The molecular weight excluding hydrogens is 258 g/mol. The lowest BCUT2D eigenvalue weighted by Crippen LogP contribution is -2.23. The number of pyridine rings is 1. The van der Waals surface area contributed by atoms with Crippen molar-refractivity contribution in [3.05, 3.63) is 29.6 Å². The molecule has 0 saturated heterocycles. The van der Waals surface area contributed by atoms with Crippen molar-refractivity contribution in [2.45, 2.75) is 13.8 Å². The van der Waals surface area contributed by atoms with Crippen molar-refractivity contribution < 1.29 is 13.9 Å². The molecule has 6 heteroatoms. The normalized spacial score (nSPS) is 10.4. The Morgan fingerprint density at radius 1 is 1.35 bits per heavy atom. The Labute approximate surface area is 117 Å². The number of ether oxygens (including phenoxy) is 1. The van der Waals surface area contributed by atoms with E-state index in [4.69, 9.17) is 9.15 Å². The first-order valence-electron chi connectivity index (χ1n) is 6.14. The molecule has 0 fully saturated rings. The van der Waals surface area contributed by atoms with Crippen molar-refractivity contribution in [2.24, 2.45) is 0 Å². The number of carbonyl (C=O) groups is 1. The Balaban J connectivity index is 2.65. The van der Waals surface area contributed by atoms with Gasteiger partial charge in [0.2, 0.25) is 0 Å². The van der Waals surface area contributed by atoms with Gasteiger partial charge in [0.25, 0.3) is 5.91 Å². The summed E-state index contributed by atoms with van der Waals surface area (Å²) < 4.78 is 10.6. The number of hydrogen-bond acceptors (Lipinski definition) is 5. The molecule has 0 radical (unpaired) electrons. The van der Waals surface area contributed by atoms with Crippen molar-refractivity contribution in [3.8, 4) is 17.0 Å². The fourth-order valence-electron chi connectivity index (χ4n) is 1.90. The summed E-state index contributed by atoms with van der Waals surface area (Å²) in [7, 11) is 4.91. The van der Waals surface area contributed by atoms with Crippen LogP contribution in [0.3, 0.4) is 0 Å². The van der Waals surface area contributed by atoms with Crippen LogP contribution < -0.4 is 4.74 Å². The van der Waals surface area contributed by atoms with E-state index in [0.717, 1.165) is 0 Å². The van der Waals surface area contributed by atoms with Crippen molar-refractivity contribution >= 4 is 5.91 Å². The smallest absolute Gasteiger partial charge is 0.272 e. The molecular formula is C14H17N3O3. The highest BCUT2D eigenvalue weighted by Crippen LogP contribution is 2.29. The second-order valence-corrected chi connectivity index (χ2v) is 4.61. The zero-order valence-electron chi connectivity index (χ0n) is 12.2. The molecule has 0 bridgehead atoms. The number of methoxy groups -OCH3 is 1. The highest BCUT2D eigenvalue weighted by molar-refractivity contribution is 5.98. The lowest BCUT2D eigenvalue weighted by atomic mass is 10.1. The molecule has 0 aromatic carbocycles. The average Bonchev–Trinajstić information content (AvgIpc) is 2.76. The number of oxazole rings is 1. The minimum atomic E-state index is -0.192. The summed E-state index contributed by atoms with van der Waals surface area (Å²) in [6.07, 6.45) is 1.52. The highest BCUT2D eigenvalue weighted by Gasteiger charge is 2.21. The van der Waals surface area contributed by atoms with Crippen molar-refractivity contribution in [1.82, 2.24) is 14.9 Å². The SMILES string of the molecule is COc1cnc(C(=O)N(C)C)c(-c2nc(C)oc2C)c1. The largest absolute Gasteiger partial charge is 0.495 e. The predicted octanol–water partition coefficient (Wildman–Crippen LogP) is 2.06. The molecule has 1 amide bonds. The summed E-state index contributed by atoms with van der Waals surface area (Å²) in [5, 5.41) is 0. The molecule has 2 heterocycles. The van der Waals surface area contributed by atoms with Crippen LogP contribution in [0.2, 0.25) is 0 Å². The Bertz CT molecular complexity index is 647. The van der Waals surface area contributed by atoms with Gasteiger partial charge in [0.15, 0.2) is 5.89 Å². The molecule has 2 aromatic rings. The summed E-state index contributed by atoms with van der Waals surface area (Å²) >= 11 is 0. The summed E-state index contributed by atoms with van der Waals surface area (Å²) in [5.74, 6) is 1.56. The van der Waals surface area contributed by atoms with Crippen LogP contribution in [0.15, 0.2) is 16.7 Å². The third-order valence-corrected chi connectivity index (χ3v) is 2.87. The maximum absolute atomic E-state index is 12.2. The van der Waals surface area contributed by atoms with Gasteiger partial charge in [-0.05, 0) is 13.0 Å². The standard InChI is InChI=1S/C14H17N3O3/c1-8-12(16-9(2)20-8)11-6-10(19-5)7-15-13(11)14(18)17(3)4/h6-7H,1-5H3. The number of aromatic nitrogens is 2. The first kappa shape index (κ1) is 14.0. The van der Waals surface area contributed by atoms with Crippen LogP contribution in [0.4, 0.5) is 0 Å². The van der Waals surface area contributed by atoms with E-state index in [1.165, 1.54) is 11.1 Å². The van der Waals surface area contributed by atoms with Gasteiger partial charge in [0.05, 0.1) is 13.3 Å². The van der Waals surface area contributed by atoms with E-state index < -0.39 is 0 Å². The van der Waals surface area contributed by atoms with E-state index in [2.05, 4.69) is 9.97 Å². The molecule has 0 unspecified atom stereocenters. The van der Waals surface area contributed by atoms with Gasteiger partial charge in [-0.3, -0.25) is 4.79 Å². The molecule has 0 aliphatic carbocycles. The molecule has 0 N–H and O–H groups in total. The molecule has 0 spiro atoms. The minimum absolute atomic E-state index is 0.192. The molecule has 2 aromatic heterocycles. The second-order valence-electron chi connectivity index (χ2n) is 4.61. The van der Waals surface area contributed by atoms with Crippen molar-refractivity contribution in [2.75, 3.05) is 21.2 Å². The fourth-order valence-corrected chi connectivity index (χ4v) is 1.90. The molecule has 6 nitrogen and oxygen atoms in total. The number of nitrogens with zero attached hydrogens (tertiary/aromatic N) is 3. The first-order chi connectivity index (χ1) is 9.43. The molecule has 0 aliphatic heterocycles. The van der Waals surface area contributed by atoms with E-state index in [-0.39, 0.29) is 5.91 Å². The first-order valence-corrected chi connectivity index (χ1v) is 6.14. The van der Waals surface area contributed by atoms with Gasteiger partial charge in [-0.2, -0.15) is 0 Å². The third-order valence-electron chi connectivity index (χ3n) is 2.87. The molecule has 0 atom stereocenters. The Morgan fingerprint density at radius 2 is 2.05 bits per heavy atom. The Hall–Kier alpha value is -2.37. The fraction of sp³-hybridized carbons (Fsp3) is 0.357. The van der Waals surface area contributed by atoms with Crippen LogP contribution in [0, 0.1) is 13.8 Å². The Kier molecular flexibility index (Phi) is 3.74. The van der Waals surface area contributed by atoms with Crippen molar-refractivity contribution in [3.63, 3.8) is 0 Å². The second kappa shape index (κ2) is 5.32. The maximum atomic E-state index is 12.2. The summed E-state index contributed by atoms with van der Waals surface area (Å²) in [6, 6.07) is 1.74. The summed E-state index contributed by atoms with van der Waals surface area (Å²) in [5.41, 5.74) is 1.55. The van der Waals surface area contributed by atoms with Crippen LogP contribution in [0.25, 0.3) is 11.3 Å². The van der Waals surface area contributed by atoms with Crippen LogP contribution in [-0.4, -0.2) is 42.0 Å². The number of rotatable bonds is 3. The van der Waals surface area contributed by atoms with Gasteiger partial charge in [-0.15, -0.1) is 0 Å². The lowest BCUT2D eigenvalue weighted by Gasteiger charge is -2.13. The molecule has 0 saturated carbocycles. The zero-order chi connectivity index (χ0) is 14.9. The van der Waals surface area contributed by atoms with Gasteiger partial charge >= 0.3 is 0 Å². The highest BCUT2D eigenvalue weighted by atomic mass is 16.5. The number of aryl methyl sites for hydroxylation is 2. The van der Waals surface area contributed by atoms with E-state index in [1.807, 2.05) is 0 Å². The van der Waals surface area contributed by atoms with Gasteiger partial charge in [-0.25, -0.2) is 9.97 Å². The zero-order valence-corrected chi connectivity index (χ0v) is 12.2. The van der Waals surface area contributed by atoms with E-state index >= 15 is 0 Å². The quantitative estimate of drug-likeness (QED) is 0.857. The number of hydrogen-bond donors (Lipinski definition) is 0. The van der Waals surface area contributed by atoms with E-state index in [0.29, 0.717) is 34.4 Å². The van der Waals surface area contributed by atoms with Crippen molar-refractivity contribution in [1.29, 1.82) is 0 Å². The van der Waals surface area contributed by atoms with Gasteiger partial charge in [-0.1, -0.05) is 0 Å². The van der Waals surface area contributed by atoms with Crippen LogP contribution in [0.1, 0.15) is 22.1 Å².